The van der Waals surface area contributed by atoms with Crippen LogP contribution in [-0.4, -0.2) is 19.9 Å². The number of hydrogen-bond acceptors (Lipinski definition) is 5. The molecular formula is C14H21N5O. The van der Waals surface area contributed by atoms with E-state index in [1.807, 2.05) is 20.0 Å². The summed E-state index contributed by atoms with van der Waals surface area (Å²) in [6.45, 7) is 1.94. The molecule has 1 saturated carbocycles. The summed E-state index contributed by atoms with van der Waals surface area (Å²) < 4.78 is 7.16. The third-order valence-electron chi connectivity index (χ3n) is 4.09. The highest BCUT2D eigenvalue weighted by atomic mass is 16.5. The van der Waals surface area contributed by atoms with E-state index in [1.165, 1.54) is 12.8 Å². The quantitative estimate of drug-likeness (QED) is 0.850. The fourth-order valence-corrected chi connectivity index (χ4v) is 2.92. The van der Waals surface area contributed by atoms with Gasteiger partial charge in [0.2, 0.25) is 0 Å². The maximum atomic E-state index is 6.51. The molecule has 0 atom stereocenters. The highest BCUT2D eigenvalue weighted by molar-refractivity contribution is 5.47. The predicted octanol–water partition coefficient (Wildman–Crippen LogP) is 2.29. The maximum absolute atomic E-state index is 6.51. The van der Waals surface area contributed by atoms with Crippen LogP contribution < -0.4 is 5.73 Å². The smallest absolute Gasteiger partial charge is 0.276 e. The topological polar surface area (TPSA) is 82.8 Å². The minimum absolute atomic E-state index is 0.439. The van der Waals surface area contributed by atoms with Gasteiger partial charge in [-0.05, 0) is 25.8 Å². The predicted molar refractivity (Wildman–Crippen MR) is 74.8 cm³/mol. The standard InChI is InChI=1S/C14H21N5O/c1-10-9-11(19(2)17-10)12-16-13(18-20-12)14(15)7-5-3-4-6-8-14/h9H,3-8,15H2,1-2H3. The Bertz CT molecular complexity index is 592. The Hall–Kier alpha value is -1.69. The number of rotatable bonds is 2. The maximum Gasteiger partial charge on any atom is 0.276 e. The van der Waals surface area contributed by atoms with Gasteiger partial charge in [0.1, 0.15) is 5.69 Å². The highest BCUT2D eigenvalue weighted by Crippen LogP contribution is 2.33. The van der Waals surface area contributed by atoms with Crippen molar-refractivity contribution in [2.45, 2.75) is 51.0 Å². The van der Waals surface area contributed by atoms with E-state index in [1.54, 1.807) is 4.68 Å². The van der Waals surface area contributed by atoms with E-state index >= 15 is 0 Å². The largest absolute Gasteiger partial charge is 0.332 e. The van der Waals surface area contributed by atoms with Crippen LogP contribution in [0.2, 0.25) is 0 Å². The normalized spacial score (nSPS) is 18.9. The van der Waals surface area contributed by atoms with Crippen LogP contribution in [0.25, 0.3) is 11.6 Å². The van der Waals surface area contributed by atoms with Crippen LogP contribution in [0.4, 0.5) is 0 Å². The second kappa shape index (κ2) is 5.01. The lowest BCUT2D eigenvalue weighted by atomic mass is 9.91. The molecule has 0 unspecified atom stereocenters. The Balaban J connectivity index is 1.91. The van der Waals surface area contributed by atoms with E-state index in [-0.39, 0.29) is 0 Å². The lowest BCUT2D eigenvalue weighted by Gasteiger charge is -2.23. The monoisotopic (exact) mass is 275 g/mol. The van der Waals surface area contributed by atoms with Gasteiger partial charge in [0.05, 0.1) is 11.2 Å². The van der Waals surface area contributed by atoms with Gasteiger partial charge in [0, 0.05) is 7.05 Å². The summed E-state index contributed by atoms with van der Waals surface area (Å²) >= 11 is 0. The molecule has 1 aliphatic rings. The number of hydrogen-bond donors (Lipinski definition) is 1. The molecule has 2 aromatic rings. The fourth-order valence-electron chi connectivity index (χ4n) is 2.92. The zero-order valence-corrected chi connectivity index (χ0v) is 12.1. The van der Waals surface area contributed by atoms with Gasteiger partial charge in [0.25, 0.3) is 5.89 Å². The van der Waals surface area contributed by atoms with Crippen LogP contribution in [0.15, 0.2) is 10.6 Å². The van der Waals surface area contributed by atoms with Gasteiger partial charge in [0.15, 0.2) is 5.82 Å². The number of nitrogens with zero attached hydrogens (tertiary/aromatic N) is 4. The molecule has 6 nitrogen and oxygen atoms in total. The molecule has 0 spiro atoms. The second-order valence-electron chi connectivity index (χ2n) is 5.79. The molecule has 2 heterocycles. The van der Waals surface area contributed by atoms with Crippen molar-refractivity contribution in [1.82, 2.24) is 19.9 Å². The summed E-state index contributed by atoms with van der Waals surface area (Å²) in [5.41, 5.74) is 7.83. The first-order valence-corrected chi connectivity index (χ1v) is 7.23. The van der Waals surface area contributed by atoms with Crippen LogP contribution in [0, 0.1) is 6.92 Å². The zero-order chi connectivity index (χ0) is 14.2. The van der Waals surface area contributed by atoms with E-state index in [4.69, 9.17) is 10.3 Å². The molecule has 0 radical (unpaired) electrons. The Kier molecular flexibility index (Phi) is 3.33. The SMILES string of the molecule is Cc1cc(-c2nc(C3(N)CCCCCC3)no2)n(C)n1. The van der Waals surface area contributed by atoms with Crippen molar-refractivity contribution >= 4 is 0 Å². The molecule has 1 aliphatic carbocycles. The highest BCUT2D eigenvalue weighted by Gasteiger charge is 2.33. The van der Waals surface area contributed by atoms with Gasteiger partial charge in [-0.25, -0.2) is 0 Å². The molecule has 2 N–H and O–H groups in total. The fraction of sp³-hybridized carbons (Fsp3) is 0.643. The van der Waals surface area contributed by atoms with Crippen LogP contribution in [0.1, 0.15) is 50.0 Å². The van der Waals surface area contributed by atoms with Crippen molar-refractivity contribution in [3.8, 4) is 11.6 Å². The molecule has 0 aliphatic heterocycles. The molecule has 1 fully saturated rings. The third-order valence-corrected chi connectivity index (χ3v) is 4.09. The molecule has 20 heavy (non-hydrogen) atoms. The Morgan fingerprint density at radius 3 is 2.55 bits per heavy atom. The molecular weight excluding hydrogens is 254 g/mol. The lowest BCUT2D eigenvalue weighted by Crippen LogP contribution is -2.37. The summed E-state index contributed by atoms with van der Waals surface area (Å²) in [4.78, 5) is 4.53. The lowest BCUT2D eigenvalue weighted by molar-refractivity contribution is 0.334. The van der Waals surface area contributed by atoms with Crippen molar-refractivity contribution in [1.29, 1.82) is 0 Å². The Morgan fingerprint density at radius 1 is 1.25 bits per heavy atom. The first kappa shape index (κ1) is 13.3. The summed E-state index contributed by atoms with van der Waals surface area (Å²) in [6, 6.07) is 1.94. The molecule has 0 amide bonds. The number of aryl methyl sites for hydroxylation is 2. The third kappa shape index (κ3) is 2.35. The van der Waals surface area contributed by atoms with Crippen LogP contribution in [-0.2, 0) is 12.6 Å². The summed E-state index contributed by atoms with van der Waals surface area (Å²) in [7, 11) is 1.87. The van der Waals surface area contributed by atoms with E-state index in [0.29, 0.717) is 11.7 Å². The summed E-state index contributed by atoms with van der Waals surface area (Å²) in [6.07, 6.45) is 6.60. The minimum atomic E-state index is -0.439. The van der Waals surface area contributed by atoms with E-state index in [9.17, 15) is 0 Å². The van der Waals surface area contributed by atoms with Crippen LogP contribution in [0.3, 0.4) is 0 Å². The number of aromatic nitrogens is 4. The zero-order valence-electron chi connectivity index (χ0n) is 12.1. The van der Waals surface area contributed by atoms with Crippen molar-refractivity contribution in [3.63, 3.8) is 0 Å². The molecule has 0 bridgehead atoms. The number of nitrogens with two attached hydrogens (primary N) is 1. The van der Waals surface area contributed by atoms with E-state index < -0.39 is 5.54 Å². The van der Waals surface area contributed by atoms with Crippen molar-refractivity contribution < 1.29 is 4.52 Å². The summed E-state index contributed by atoms with van der Waals surface area (Å²) in [5.74, 6) is 1.13. The van der Waals surface area contributed by atoms with E-state index in [2.05, 4.69) is 15.2 Å². The van der Waals surface area contributed by atoms with Gasteiger partial charge < -0.3 is 10.3 Å². The Labute approximate surface area is 118 Å². The molecule has 2 aromatic heterocycles. The van der Waals surface area contributed by atoms with Crippen molar-refractivity contribution in [2.24, 2.45) is 12.8 Å². The molecule has 3 rings (SSSR count). The first-order chi connectivity index (χ1) is 9.58. The van der Waals surface area contributed by atoms with E-state index in [0.717, 1.165) is 37.1 Å². The van der Waals surface area contributed by atoms with Crippen LogP contribution in [0.5, 0.6) is 0 Å². The van der Waals surface area contributed by atoms with Gasteiger partial charge in [-0.1, -0.05) is 30.8 Å². The van der Waals surface area contributed by atoms with Crippen molar-refractivity contribution in [2.75, 3.05) is 0 Å². The van der Waals surface area contributed by atoms with Gasteiger partial charge in [-0.15, -0.1) is 0 Å². The van der Waals surface area contributed by atoms with Crippen LogP contribution >= 0.6 is 0 Å². The first-order valence-electron chi connectivity index (χ1n) is 7.23. The summed E-state index contributed by atoms with van der Waals surface area (Å²) in [5, 5.41) is 8.43. The molecule has 6 heteroatoms. The second-order valence-corrected chi connectivity index (χ2v) is 5.79. The Morgan fingerprint density at radius 2 is 1.95 bits per heavy atom. The minimum Gasteiger partial charge on any atom is -0.332 e. The average molecular weight is 275 g/mol. The van der Waals surface area contributed by atoms with Gasteiger partial charge >= 0.3 is 0 Å². The molecule has 108 valence electrons. The average Bonchev–Trinajstić information content (AvgIpc) is 2.94. The molecule has 0 saturated heterocycles. The van der Waals surface area contributed by atoms with Gasteiger partial charge in [-0.3, -0.25) is 4.68 Å². The van der Waals surface area contributed by atoms with Crippen molar-refractivity contribution in [3.05, 3.63) is 17.6 Å². The molecule has 0 aromatic carbocycles. The van der Waals surface area contributed by atoms with Gasteiger partial charge in [-0.2, -0.15) is 10.1 Å².